The van der Waals surface area contributed by atoms with Crippen LogP contribution in [0.15, 0.2) is 48.8 Å². The minimum Gasteiger partial charge on any atom is -1.00 e. The van der Waals surface area contributed by atoms with Crippen molar-refractivity contribution in [2.45, 2.75) is 20.4 Å². The van der Waals surface area contributed by atoms with E-state index in [1.807, 2.05) is 6.07 Å². The molecular formula is C14H16ClN. The number of hydrogen-bond donors (Lipinski definition) is 0. The average molecular weight is 234 g/mol. The maximum Gasteiger partial charge on any atom is 0.174 e. The number of rotatable bonds is 2. The molecule has 16 heavy (non-hydrogen) atoms. The molecule has 0 radical (unpaired) electrons. The molecule has 0 aliphatic rings. The molecule has 0 saturated carbocycles. The summed E-state index contributed by atoms with van der Waals surface area (Å²) in [4.78, 5) is 0. The molecule has 2 rings (SSSR count). The van der Waals surface area contributed by atoms with Gasteiger partial charge in [0, 0.05) is 17.7 Å². The van der Waals surface area contributed by atoms with E-state index in [0.29, 0.717) is 0 Å². The van der Waals surface area contributed by atoms with Crippen molar-refractivity contribution >= 4 is 0 Å². The molecule has 2 heteroatoms. The molecule has 0 aliphatic heterocycles. The Labute approximate surface area is 103 Å². The van der Waals surface area contributed by atoms with Crippen LogP contribution in [0.1, 0.15) is 16.7 Å². The molecule has 84 valence electrons. The summed E-state index contributed by atoms with van der Waals surface area (Å²) >= 11 is 0. The first-order valence-electron chi connectivity index (χ1n) is 5.26. The van der Waals surface area contributed by atoms with Crippen LogP contribution in [0, 0.1) is 13.8 Å². The van der Waals surface area contributed by atoms with Gasteiger partial charge in [0.25, 0.3) is 0 Å². The average Bonchev–Trinajstić information content (AvgIpc) is 2.25. The Morgan fingerprint density at radius 3 is 2.38 bits per heavy atom. The lowest BCUT2D eigenvalue weighted by molar-refractivity contribution is -0.688. The van der Waals surface area contributed by atoms with Crippen LogP contribution in [0.3, 0.4) is 0 Å². The van der Waals surface area contributed by atoms with E-state index in [0.717, 1.165) is 6.54 Å². The van der Waals surface area contributed by atoms with Crippen LogP contribution in [-0.2, 0) is 6.54 Å². The van der Waals surface area contributed by atoms with Crippen molar-refractivity contribution in [3.05, 3.63) is 65.5 Å². The van der Waals surface area contributed by atoms with Gasteiger partial charge in [-0.05, 0) is 25.5 Å². The van der Waals surface area contributed by atoms with Gasteiger partial charge in [0.1, 0.15) is 0 Å². The van der Waals surface area contributed by atoms with E-state index in [9.17, 15) is 0 Å². The highest BCUT2D eigenvalue weighted by Crippen LogP contribution is 2.09. The van der Waals surface area contributed by atoms with Gasteiger partial charge >= 0.3 is 0 Å². The molecule has 0 unspecified atom stereocenters. The minimum absolute atomic E-state index is 0. The normalized spacial score (nSPS) is 9.62. The van der Waals surface area contributed by atoms with Gasteiger partial charge in [0.05, 0.1) is 0 Å². The number of nitrogens with zero attached hydrogens (tertiary/aromatic N) is 1. The second kappa shape index (κ2) is 5.66. The zero-order valence-corrected chi connectivity index (χ0v) is 10.4. The van der Waals surface area contributed by atoms with Crippen LogP contribution in [-0.4, -0.2) is 0 Å². The summed E-state index contributed by atoms with van der Waals surface area (Å²) in [6.45, 7) is 5.26. The molecule has 0 fully saturated rings. The summed E-state index contributed by atoms with van der Waals surface area (Å²) in [5, 5.41) is 0. The lowest BCUT2D eigenvalue weighted by atomic mass is 10.1. The van der Waals surface area contributed by atoms with Gasteiger partial charge in [-0.2, -0.15) is 0 Å². The van der Waals surface area contributed by atoms with Crippen LogP contribution in [0.25, 0.3) is 0 Å². The third-order valence-corrected chi connectivity index (χ3v) is 2.63. The summed E-state index contributed by atoms with van der Waals surface area (Å²) in [6, 6.07) is 12.8. The van der Waals surface area contributed by atoms with E-state index in [1.165, 1.54) is 16.7 Å². The lowest BCUT2D eigenvalue weighted by Gasteiger charge is -2.03. The molecule has 2 aromatic rings. The summed E-state index contributed by atoms with van der Waals surface area (Å²) in [5.74, 6) is 0. The molecule has 0 saturated heterocycles. The SMILES string of the molecule is Cc1ccc(C)c(C[n+]2ccccc2)c1.[Cl-]. The first-order valence-corrected chi connectivity index (χ1v) is 5.26. The molecule has 0 amide bonds. The van der Waals surface area contributed by atoms with Crippen LogP contribution in [0.4, 0.5) is 0 Å². The lowest BCUT2D eigenvalue weighted by Crippen LogP contribution is -3.00. The van der Waals surface area contributed by atoms with E-state index in [4.69, 9.17) is 0 Å². The van der Waals surface area contributed by atoms with Crippen molar-refractivity contribution in [2.24, 2.45) is 0 Å². The number of pyridine rings is 1. The molecule has 0 N–H and O–H groups in total. The van der Waals surface area contributed by atoms with E-state index < -0.39 is 0 Å². The Kier molecular flexibility index (Phi) is 4.51. The van der Waals surface area contributed by atoms with E-state index >= 15 is 0 Å². The molecule has 0 spiro atoms. The largest absolute Gasteiger partial charge is 1.00 e. The fourth-order valence-corrected chi connectivity index (χ4v) is 1.71. The quantitative estimate of drug-likeness (QED) is 0.624. The van der Waals surface area contributed by atoms with Crippen LogP contribution >= 0.6 is 0 Å². The van der Waals surface area contributed by atoms with Crippen LogP contribution in [0.5, 0.6) is 0 Å². The number of halogens is 1. The van der Waals surface area contributed by atoms with Crippen molar-refractivity contribution < 1.29 is 17.0 Å². The van der Waals surface area contributed by atoms with E-state index in [2.05, 4.69) is 61.1 Å². The zero-order chi connectivity index (χ0) is 10.7. The highest BCUT2D eigenvalue weighted by molar-refractivity contribution is 5.29. The van der Waals surface area contributed by atoms with Crippen molar-refractivity contribution in [2.75, 3.05) is 0 Å². The molecule has 0 atom stereocenters. The van der Waals surface area contributed by atoms with Crippen molar-refractivity contribution in [1.82, 2.24) is 0 Å². The molecular weight excluding hydrogens is 218 g/mol. The Morgan fingerprint density at radius 1 is 1.00 bits per heavy atom. The van der Waals surface area contributed by atoms with Gasteiger partial charge in [0.15, 0.2) is 18.9 Å². The van der Waals surface area contributed by atoms with Gasteiger partial charge in [-0.15, -0.1) is 0 Å². The Balaban J connectivity index is 0.00000128. The summed E-state index contributed by atoms with van der Waals surface area (Å²) in [7, 11) is 0. The van der Waals surface area contributed by atoms with Gasteiger partial charge in [-0.3, -0.25) is 0 Å². The van der Waals surface area contributed by atoms with Gasteiger partial charge in [0.2, 0.25) is 0 Å². The first-order chi connectivity index (χ1) is 7.25. The minimum atomic E-state index is 0. The van der Waals surface area contributed by atoms with Gasteiger partial charge < -0.3 is 12.4 Å². The molecule has 0 aliphatic carbocycles. The van der Waals surface area contributed by atoms with Crippen LogP contribution < -0.4 is 17.0 Å². The zero-order valence-electron chi connectivity index (χ0n) is 9.65. The van der Waals surface area contributed by atoms with Crippen molar-refractivity contribution in [1.29, 1.82) is 0 Å². The number of benzene rings is 1. The molecule has 1 aromatic heterocycles. The van der Waals surface area contributed by atoms with Crippen LogP contribution in [0.2, 0.25) is 0 Å². The maximum atomic E-state index is 2.26. The number of aromatic nitrogens is 1. The van der Waals surface area contributed by atoms with Gasteiger partial charge in [-0.1, -0.05) is 23.8 Å². The predicted octanol–water partition coefficient (Wildman–Crippen LogP) is -0.357. The Bertz CT molecular complexity index is 452. The Hall–Kier alpha value is -1.34. The topological polar surface area (TPSA) is 3.88 Å². The second-order valence-electron chi connectivity index (χ2n) is 3.98. The number of aryl methyl sites for hydroxylation is 2. The Morgan fingerprint density at radius 2 is 1.69 bits per heavy atom. The van der Waals surface area contributed by atoms with Crippen molar-refractivity contribution in [3.63, 3.8) is 0 Å². The predicted molar refractivity (Wildman–Crippen MR) is 61.7 cm³/mol. The standard InChI is InChI=1S/C14H16N.ClH/c1-12-6-7-13(2)14(10-12)11-15-8-4-3-5-9-15;/h3-10H,11H2,1-2H3;1H/q+1;/p-1. The summed E-state index contributed by atoms with van der Waals surface area (Å²) in [5.41, 5.74) is 4.08. The monoisotopic (exact) mass is 233 g/mol. The molecule has 0 bridgehead atoms. The maximum absolute atomic E-state index is 2.26. The van der Waals surface area contributed by atoms with Crippen molar-refractivity contribution in [3.8, 4) is 0 Å². The fourth-order valence-electron chi connectivity index (χ4n) is 1.71. The highest BCUT2D eigenvalue weighted by Gasteiger charge is 2.04. The first kappa shape index (κ1) is 12.7. The van der Waals surface area contributed by atoms with E-state index in [1.54, 1.807) is 0 Å². The fraction of sp³-hybridized carbons (Fsp3) is 0.214. The molecule has 1 heterocycles. The van der Waals surface area contributed by atoms with E-state index in [-0.39, 0.29) is 12.4 Å². The second-order valence-corrected chi connectivity index (χ2v) is 3.98. The molecule has 1 nitrogen and oxygen atoms in total. The third kappa shape index (κ3) is 3.07. The third-order valence-electron chi connectivity index (χ3n) is 2.63. The van der Waals surface area contributed by atoms with Gasteiger partial charge in [-0.25, -0.2) is 4.57 Å². The number of hydrogen-bond acceptors (Lipinski definition) is 0. The highest BCUT2D eigenvalue weighted by atomic mass is 35.5. The smallest absolute Gasteiger partial charge is 0.174 e. The molecule has 1 aromatic carbocycles. The summed E-state index contributed by atoms with van der Waals surface area (Å²) < 4.78 is 2.20. The summed E-state index contributed by atoms with van der Waals surface area (Å²) in [6.07, 6.45) is 4.20.